The molecule has 0 saturated heterocycles. The predicted octanol–water partition coefficient (Wildman–Crippen LogP) is 4.00. The first-order valence-corrected chi connectivity index (χ1v) is 7.30. The van der Waals surface area contributed by atoms with Crippen LogP contribution in [0, 0.1) is 13.8 Å². The highest BCUT2D eigenvalue weighted by Gasteiger charge is 2.42. The average molecular weight is 305 g/mol. The minimum atomic E-state index is -0.873. The third kappa shape index (κ3) is 2.93. The maximum atomic E-state index is 12.5. The highest BCUT2D eigenvalue weighted by Crippen LogP contribution is 2.42. The van der Waals surface area contributed by atoms with Crippen LogP contribution in [0.15, 0.2) is 6.07 Å². The summed E-state index contributed by atoms with van der Waals surface area (Å²) in [5, 5.41) is 2.72. The molecule has 2 rings (SSSR count). The number of carbonyl (C=O) groups is 2. The van der Waals surface area contributed by atoms with Gasteiger partial charge in [-0.05, 0) is 65.7 Å². The molecule has 120 valence electrons. The van der Waals surface area contributed by atoms with Crippen molar-refractivity contribution < 1.29 is 19.1 Å². The molecule has 1 aliphatic rings. The van der Waals surface area contributed by atoms with Crippen molar-refractivity contribution in [1.82, 2.24) is 0 Å². The summed E-state index contributed by atoms with van der Waals surface area (Å²) >= 11 is 0. The normalized spacial score (nSPS) is 16.0. The van der Waals surface area contributed by atoms with E-state index < -0.39 is 17.3 Å². The number of hydrogen-bond acceptors (Lipinski definition) is 4. The molecule has 1 aromatic carbocycles. The van der Waals surface area contributed by atoms with E-state index in [9.17, 15) is 9.59 Å². The molecule has 0 fully saturated rings. The average Bonchev–Trinajstić information content (AvgIpc) is 2.56. The number of aryl methyl sites for hydroxylation is 1. The van der Waals surface area contributed by atoms with E-state index in [-0.39, 0.29) is 5.78 Å². The van der Waals surface area contributed by atoms with Gasteiger partial charge in [-0.25, -0.2) is 4.79 Å². The summed E-state index contributed by atoms with van der Waals surface area (Å²) < 4.78 is 11.0. The number of rotatable bonds is 1. The van der Waals surface area contributed by atoms with Gasteiger partial charge in [0, 0.05) is 5.69 Å². The molecule has 0 spiro atoms. The Morgan fingerprint density at radius 3 is 2.41 bits per heavy atom. The van der Waals surface area contributed by atoms with Gasteiger partial charge in [0.05, 0.1) is 5.56 Å². The van der Waals surface area contributed by atoms with Crippen LogP contribution >= 0.6 is 0 Å². The van der Waals surface area contributed by atoms with E-state index in [1.54, 1.807) is 47.6 Å². The van der Waals surface area contributed by atoms with Gasteiger partial charge in [0.15, 0.2) is 5.60 Å². The number of hydrogen-bond donors (Lipinski definition) is 1. The first kappa shape index (κ1) is 16.3. The first-order valence-electron chi connectivity index (χ1n) is 7.30. The van der Waals surface area contributed by atoms with E-state index in [0.29, 0.717) is 22.6 Å². The van der Waals surface area contributed by atoms with E-state index in [4.69, 9.17) is 9.47 Å². The molecule has 1 N–H and O–H groups in total. The molecule has 22 heavy (non-hydrogen) atoms. The third-order valence-corrected chi connectivity index (χ3v) is 3.49. The van der Waals surface area contributed by atoms with Gasteiger partial charge in [0.1, 0.15) is 11.4 Å². The second-order valence-corrected chi connectivity index (χ2v) is 7.14. The Morgan fingerprint density at radius 1 is 1.27 bits per heavy atom. The molecule has 1 heterocycles. The zero-order chi connectivity index (χ0) is 16.9. The molecular weight excluding hydrogens is 282 g/mol. The molecule has 0 atom stereocenters. The number of amides is 1. The van der Waals surface area contributed by atoms with Gasteiger partial charge < -0.3 is 9.47 Å². The fourth-order valence-electron chi connectivity index (χ4n) is 2.44. The lowest BCUT2D eigenvalue weighted by atomic mass is 9.94. The van der Waals surface area contributed by atoms with Crippen molar-refractivity contribution >= 4 is 17.6 Å². The van der Waals surface area contributed by atoms with E-state index >= 15 is 0 Å². The number of carbonyl (C=O) groups excluding carboxylic acids is 2. The second kappa shape index (κ2) is 5.00. The minimum Gasteiger partial charge on any atom is -0.479 e. The minimum absolute atomic E-state index is 0.0732. The molecule has 0 saturated carbocycles. The molecule has 1 aromatic rings. The summed E-state index contributed by atoms with van der Waals surface area (Å²) in [6.07, 6.45) is -0.541. The van der Waals surface area contributed by atoms with Crippen LogP contribution in [0.2, 0.25) is 0 Å². The number of anilines is 1. The first-order chi connectivity index (χ1) is 9.92. The van der Waals surface area contributed by atoms with E-state index in [2.05, 4.69) is 5.32 Å². The van der Waals surface area contributed by atoms with Crippen molar-refractivity contribution in [2.24, 2.45) is 0 Å². The van der Waals surface area contributed by atoms with Crippen molar-refractivity contribution in [3.8, 4) is 5.75 Å². The zero-order valence-electron chi connectivity index (χ0n) is 14.2. The number of ether oxygens (including phenoxy) is 2. The summed E-state index contributed by atoms with van der Waals surface area (Å²) in [7, 11) is 0. The quantitative estimate of drug-likeness (QED) is 0.851. The van der Waals surface area contributed by atoms with Crippen LogP contribution in [-0.2, 0) is 4.74 Å². The topological polar surface area (TPSA) is 64.6 Å². The summed E-state index contributed by atoms with van der Waals surface area (Å²) in [5.41, 5.74) is 1.16. The monoisotopic (exact) mass is 305 g/mol. The van der Waals surface area contributed by atoms with Gasteiger partial charge in [-0.1, -0.05) is 0 Å². The maximum absolute atomic E-state index is 12.5. The van der Waals surface area contributed by atoms with Gasteiger partial charge in [-0.2, -0.15) is 0 Å². The van der Waals surface area contributed by atoms with Gasteiger partial charge in [-0.3, -0.25) is 10.1 Å². The SMILES string of the molecule is Cc1cc(NC(=O)OC(C)(C)C)c(C)c2c1OC(C)(C)C2=O. The van der Waals surface area contributed by atoms with Crippen LogP contribution in [0.5, 0.6) is 5.75 Å². The summed E-state index contributed by atoms with van der Waals surface area (Å²) in [6.45, 7) is 12.5. The molecular formula is C17H23NO4. The van der Waals surface area contributed by atoms with Crippen molar-refractivity contribution in [3.05, 3.63) is 22.8 Å². The fraction of sp³-hybridized carbons (Fsp3) is 0.529. The highest BCUT2D eigenvalue weighted by atomic mass is 16.6. The van der Waals surface area contributed by atoms with Crippen molar-refractivity contribution in [2.45, 2.75) is 59.7 Å². The van der Waals surface area contributed by atoms with E-state index in [0.717, 1.165) is 5.56 Å². The number of benzene rings is 1. The summed E-state index contributed by atoms with van der Waals surface area (Å²) in [5.74, 6) is 0.526. The van der Waals surface area contributed by atoms with Crippen LogP contribution in [0.25, 0.3) is 0 Å². The van der Waals surface area contributed by atoms with Crippen LogP contribution in [0.4, 0.5) is 10.5 Å². The Balaban J connectivity index is 2.38. The van der Waals surface area contributed by atoms with Crippen LogP contribution in [0.3, 0.4) is 0 Å². The van der Waals surface area contributed by atoms with Gasteiger partial charge in [-0.15, -0.1) is 0 Å². The molecule has 0 bridgehead atoms. The third-order valence-electron chi connectivity index (χ3n) is 3.49. The Labute approximate surface area is 131 Å². The molecule has 5 heteroatoms. The molecule has 5 nitrogen and oxygen atoms in total. The summed E-state index contributed by atoms with van der Waals surface area (Å²) in [6, 6.07) is 1.80. The Kier molecular flexibility index (Phi) is 3.71. The second-order valence-electron chi connectivity index (χ2n) is 7.14. The number of fused-ring (bicyclic) bond motifs is 1. The molecule has 1 amide bonds. The highest BCUT2D eigenvalue weighted by molar-refractivity contribution is 6.10. The Bertz CT molecular complexity index is 654. The standard InChI is InChI=1S/C17H23NO4/c1-9-8-11(18-15(20)22-16(3,4)5)10(2)12-13(9)21-17(6,7)14(12)19/h8H,1-7H3,(H,18,20). The fourth-order valence-corrected chi connectivity index (χ4v) is 2.44. The molecule has 0 aromatic heterocycles. The zero-order valence-corrected chi connectivity index (χ0v) is 14.2. The lowest BCUT2D eigenvalue weighted by molar-refractivity contribution is 0.0635. The molecule has 1 aliphatic heterocycles. The van der Waals surface area contributed by atoms with Gasteiger partial charge >= 0.3 is 6.09 Å². The largest absolute Gasteiger partial charge is 0.479 e. The van der Waals surface area contributed by atoms with Crippen LogP contribution in [-0.4, -0.2) is 23.1 Å². The van der Waals surface area contributed by atoms with Crippen molar-refractivity contribution in [3.63, 3.8) is 0 Å². The van der Waals surface area contributed by atoms with Crippen LogP contribution < -0.4 is 10.1 Å². The molecule has 0 radical (unpaired) electrons. The lowest BCUT2D eigenvalue weighted by Gasteiger charge is -2.20. The Hall–Kier alpha value is -2.04. The summed E-state index contributed by atoms with van der Waals surface area (Å²) in [4.78, 5) is 24.4. The van der Waals surface area contributed by atoms with E-state index in [1.165, 1.54) is 0 Å². The number of Topliss-reactive ketones (excluding diaryl/α,β-unsaturated/α-hetero) is 1. The lowest BCUT2D eigenvalue weighted by Crippen LogP contribution is -2.32. The van der Waals surface area contributed by atoms with Crippen molar-refractivity contribution in [2.75, 3.05) is 5.32 Å². The number of ketones is 1. The van der Waals surface area contributed by atoms with Crippen LogP contribution in [0.1, 0.15) is 56.1 Å². The smallest absolute Gasteiger partial charge is 0.412 e. The Morgan fingerprint density at radius 2 is 1.86 bits per heavy atom. The van der Waals surface area contributed by atoms with Crippen molar-refractivity contribution in [1.29, 1.82) is 0 Å². The number of nitrogens with one attached hydrogen (secondary N) is 1. The van der Waals surface area contributed by atoms with Gasteiger partial charge in [0.25, 0.3) is 0 Å². The molecule has 0 unspecified atom stereocenters. The molecule has 0 aliphatic carbocycles. The predicted molar refractivity (Wildman–Crippen MR) is 84.8 cm³/mol. The van der Waals surface area contributed by atoms with Gasteiger partial charge in [0.2, 0.25) is 5.78 Å². The maximum Gasteiger partial charge on any atom is 0.412 e. The van der Waals surface area contributed by atoms with E-state index in [1.807, 2.05) is 6.92 Å².